The largest absolute Gasteiger partial charge is 0.434 e. The van der Waals surface area contributed by atoms with Gasteiger partial charge >= 0.3 is 5.76 Å². The number of piperidine rings is 1. The van der Waals surface area contributed by atoms with Gasteiger partial charge in [-0.15, -0.1) is 5.10 Å². The quantitative estimate of drug-likeness (QED) is 0.718. The molecule has 2 heterocycles. The van der Waals surface area contributed by atoms with Crippen molar-refractivity contribution in [2.45, 2.75) is 53.0 Å². The highest BCUT2D eigenvalue weighted by atomic mass is 32.2. The first-order chi connectivity index (χ1) is 14.0. The van der Waals surface area contributed by atoms with E-state index in [9.17, 15) is 17.6 Å². The molecule has 0 aliphatic carbocycles. The fourth-order valence-corrected chi connectivity index (χ4v) is 5.98. The van der Waals surface area contributed by atoms with Gasteiger partial charge in [0.05, 0.1) is 0 Å². The van der Waals surface area contributed by atoms with Crippen LogP contribution >= 0.6 is 0 Å². The molecule has 30 heavy (non-hydrogen) atoms. The molecular weight excluding hydrogens is 411 g/mol. The van der Waals surface area contributed by atoms with Crippen molar-refractivity contribution in [3.63, 3.8) is 0 Å². The van der Waals surface area contributed by atoms with Crippen LogP contribution in [0, 0.1) is 31.5 Å². The van der Waals surface area contributed by atoms with Crippen LogP contribution in [0.4, 0.5) is 4.39 Å². The van der Waals surface area contributed by atoms with Crippen LogP contribution in [-0.4, -0.2) is 36.0 Å². The average molecular weight is 441 g/mol. The van der Waals surface area contributed by atoms with Crippen molar-refractivity contribution in [1.29, 1.82) is 0 Å². The molecule has 1 aliphatic heterocycles. The molecule has 1 aromatic heterocycles. The van der Waals surface area contributed by atoms with E-state index in [-0.39, 0.29) is 17.7 Å². The Morgan fingerprint density at radius 2 is 1.90 bits per heavy atom. The van der Waals surface area contributed by atoms with Crippen molar-refractivity contribution >= 4 is 10.2 Å². The summed E-state index contributed by atoms with van der Waals surface area (Å²) in [7, 11) is -3.93. The smallest absolute Gasteiger partial charge is 0.391 e. The lowest BCUT2D eigenvalue weighted by molar-refractivity contribution is 0.218. The highest BCUT2D eigenvalue weighted by molar-refractivity contribution is 7.87. The Bertz CT molecular complexity index is 1050. The number of aromatic amines is 1. The SMILES string of the molecule is Cc1ccc(F)c([C@H](C)[C@H](NS(=O)(=O)N2CC(C)CC(C)C2)c2n[nH]c(=O)o2)c1C. The first kappa shape index (κ1) is 22.6. The minimum Gasteiger partial charge on any atom is -0.391 e. The average Bonchev–Trinajstić information content (AvgIpc) is 3.08. The predicted octanol–water partition coefficient (Wildman–Crippen LogP) is 2.78. The fraction of sp³-hybridized carbons (Fsp3) is 0.600. The Labute approximate surface area is 176 Å². The third-order valence-corrected chi connectivity index (χ3v) is 7.39. The standard InChI is InChI=1S/C20H29FN4O4S/c1-11-8-12(2)10-25(9-11)30(27,28)24-18(19-22-23-20(26)29-19)15(5)17-14(4)13(3)6-7-16(17)21/h6-7,11-12,15,18,24H,8-10H2,1-5H3,(H,23,26)/t11?,12?,15-,18-/m0/s1. The van der Waals surface area contributed by atoms with Gasteiger partial charge in [-0.3, -0.25) is 0 Å². The maximum atomic E-state index is 14.7. The van der Waals surface area contributed by atoms with E-state index in [4.69, 9.17) is 4.42 Å². The maximum absolute atomic E-state index is 14.7. The summed E-state index contributed by atoms with van der Waals surface area (Å²) in [5.41, 5.74) is 1.94. The Morgan fingerprint density at radius 1 is 1.27 bits per heavy atom. The third-order valence-electron chi connectivity index (χ3n) is 5.86. The molecule has 10 heteroatoms. The second-order valence-corrected chi connectivity index (χ2v) is 10.2. The fourth-order valence-electron chi connectivity index (χ4n) is 4.31. The first-order valence-electron chi connectivity index (χ1n) is 10.1. The van der Waals surface area contributed by atoms with Gasteiger partial charge in [0.25, 0.3) is 10.2 Å². The van der Waals surface area contributed by atoms with E-state index >= 15 is 0 Å². The molecular formula is C20H29FN4O4S. The molecule has 2 unspecified atom stereocenters. The summed E-state index contributed by atoms with van der Waals surface area (Å²) in [5, 5.41) is 5.99. The first-order valence-corrected chi connectivity index (χ1v) is 11.5. The topological polar surface area (TPSA) is 108 Å². The van der Waals surface area contributed by atoms with Gasteiger partial charge in [0.1, 0.15) is 11.9 Å². The Morgan fingerprint density at radius 3 is 2.47 bits per heavy atom. The normalized spacial score (nSPS) is 22.7. The summed E-state index contributed by atoms with van der Waals surface area (Å²) >= 11 is 0. The summed E-state index contributed by atoms with van der Waals surface area (Å²) in [6.07, 6.45) is 0.952. The molecule has 2 aromatic rings. The van der Waals surface area contributed by atoms with E-state index < -0.39 is 33.7 Å². The summed E-state index contributed by atoms with van der Waals surface area (Å²) in [4.78, 5) is 11.5. The van der Waals surface area contributed by atoms with Crippen molar-refractivity contribution in [2.24, 2.45) is 11.8 Å². The van der Waals surface area contributed by atoms with Crippen molar-refractivity contribution in [1.82, 2.24) is 19.2 Å². The van der Waals surface area contributed by atoms with Gasteiger partial charge in [-0.05, 0) is 54.9 Å². The monoisotopic (exact) mass is 440 g/mol. The van der Waals surface area contributed by atoms with Gasteiger partial charge < -0.3 is 4.42 Å². The van der Waals surface area contributed by atoms with Crippen molar-refractivity contribution in [3.8, 4) is 0 Å². The van der Waals surface area contributed by atoms with Gasteiger partial charge in [-0.1, -0.05) is 26.8 Å². The molecule has 0 amide bonds. The van der Waals surface area contributed by atoms with E-state index in [2.05, 4.69) is 14.9 Å². The number of hydrogen-bond donors (Lipinski definition) is 2. The molecule has 166 valence electrons. The molecule has 0 spiro atoms. The zero-order valence-corrected chi connectivity index (χ0v) is 18.7. The number of benzene rings is 1. The second-order valence-electron chi connectivity index (χ2n) is 8.51. The van der Waals surface area contributed by atoms with Crippen LogP contribution in [0.15, 0.2) is 21.3 Å². The van der Waals surface area contributed by atoms with E-state index in [1.54, 1.807) is 19.9 Å². The van der Waals surface area contributed by atoms with Crippen molar-refractivity contribution in [2.75, 3.05) is 13.1 Å². The molecule has 8 nitrogen and oxygen atoms in total. The van der Waals surface area contributed by atoms with Gasteiger partial charge in [-0.2, -0.15) is 17.4 Å². The molecule has 0 radical (unpaired) electrons. The number of H-pyrrole nitrogens is 1. The number of hydrogen-bond acceptors (Lipinski definition) is 5. The molecule has 1 aliphatic rings. The van der Waals surface area contributed by atoms with Gasteiger partial charge in [-0.25, -0.2) is 14.3 Å². The predicted molar refractivity (Wildman–Crippen MR) is 111 cm³/mol. The van der Waals surface area contributed by atoms with E-state index in [1.807, 2.05) is 20.8 Å². The summed E-state index contributed by atoms with van der Waals surface area (Å²) in [6, 6.07) is 1.97. The molecule has 4 atom stereocenters. The molecule has 2 N–H and O–H groups in total. The lowest BCUT2D eigenvalue weighted by Gasteiger charge is -2.35. The zero-order valence-electron chi connectivity index (χ0n) is 17.9. The van der Waals surface area contributed by atoms with Gasteiger partial charge in [0.2, 0.25) is 5.89 Å². The summed E-state index contributed by atoms with van der Waals surface area (Å²) < 4.78 is 50.3. The van der Waals surface area contributed by atoms with Crippen molar-refractivity contribution in [3.05, 3.63) is 51.1 Å². The number of nitrogens with zero attached hydrogens (tertiary/aromatic N) is 2. The zero-order chi connectivity index (χ0) is 22.2. The van der Waals surface area contributed by atoms with Crippen LogP contribution in [0.25, 0.3) is 0 Å². The maximum Gasteiger partial charge on any atom is 0.434 e. The molecule has 3 rings (SSSR count). The Balaban J connectivity index is 2.00. The highest BCUT2D eigenvalue weighted by Gasteiger charge is 2.37. The lowest BCUT2D eigenvalue weighted by atomic mass is 9.88. The molecule has 0 bridgehead atoms. The van der Waals surface area contributed by atoms with E-state index in [0.29, 0.717) is 24.2 Å². The van der Waals surface area contributed by atoms with Crippen molar-refractivity contribution < 1.29 is 17.2 Å². The number of halogens is 1. The van der Waals surface area contributed by atoms with Crippen LogP contribution in [0.1, 0.15) is 61.7 Å². The highest BCUT2D eigenvalue weighted by Crippen LogP contribution is 2.35. The number of aromatic nitrogens is 2. The van der Waals surface area contributed by atoms with Crippen LogP contribution in [0.3, 0.4) is 0 Å². The van der Waals surface area contributed by atoms with E-state index in [1.165, 1.54) is 10.4 Å². The Hall–Kier alpha value is -2.04. The molecule has 1 saturated heterocycles. The number of rotatable bonds is 6. The molecule has 1 aromatic carbocycles. The second kappa shape index (κ2) is 8.60. The van der Waals surface area contributed by atoms with E-state index in [0.717, 1.165) is 12.0 Å². The van der Waals surface area contributed by atoms with Crippen LogP contribution in [0.2, 0.25) is 0 Å². The Kier molecular flexibility index (Phi) is 6.49. The molecule has 1 fully saturated rings. The van der Waals surface area contributed by atoms with Gasteiger partial charge in [0.15, 0.2) is 0 Å². The minimum absolute atomic E-state index is 0.130. The lowest BCUT2D eigenvalue weighted by Crippen LogP contribution is -2.49. The summed E-state index contributed by atoms with van der Waals surface area (Å²) in [5.74, 6) is -1.61. The van der Waals surface area contributed by atoms with Crippen LogP contribution in [0.5, 0.6) is 0 Å². The number of nitrogens with one attached hydrogen (secondary N) is 2. The van der Waals surface area contributed by atoms with Crippen LogP contribution in [-0.2, 0) is 10.2 Å². The molecule has 0 saturated carbocycles. The summed E-state index contributed by atoms with van der Waals surface area (Å²) in [6.45, 7) is 10.1. The van der Waals surface area contributed by atoms with Gasteiger partial charge in [0, 0.05) is 19.0 Å². The number of aryl methyl sites for hydroxylation is 1. The third kappa shape index (κ3) is 4.65. The van der Waals surface area contributed by atoms with Crippen LogP contribution < -0.4 is 10.5 Å². The minimum atomic E-state index is -3.93.